The highest BCUT2D eigenvalue weighted by Crippen LogP contribution is 2.28. The molecule has 142 valence electrons. The second kappa shape index (κ2) is 9.24. The van der Waals surface area contributed by atoms with Crippen LogP contribution in [0.5, 0.6) is 5.75 Å². The van der Waals surface area contributed by atoms with Crippen molar-refractivity contribution in [2.75, 3.05) is 20.2 Å². The number of aliphatic carboxylic acids is 1. The van der Waals surface area contributed by atoms with Crippen molar-refractivity contribution >= 4 is 35.9 Å². The lowest BCUT2D eigenvalue weighted by molar-refractivity contribution is -0.141. The summed E-state index contributed by atoms with van der Waals surface area (Å²) < 4.78 is 5.39. The second-order valence-electron chi connectivity index (χ2n) is 6.24. The van der Waals surface area contributed by atoms with Crippen LogP contribution in [-0.2, 0) is 9.59 Å². The van der Waals surface area contributed by atoms with Gasteiger partial charge in [-0.05, 0) is 24.1 Å². The van der Waals surface area contributed by atoms with Crippen LogP contribution in [0.4, 0.5) is 0 Å². The number of likely N-dealkylation sites (tertiary alicyclic amines) is 1. The minimum absolute atomic E-state index is 0. The predicted octanol–water partition coefficient (Wildman–Crippen LogP) is 3.59. The number of carboxylic acids is 1. The van der Waals surface area contributed by atoms with E-state index in [2.05, 4.69) is 0 Å². The largest absolute Gasteiger partial charge is 0.496 e. The monoisotopic (exact) mass is 387 g/mol. The molecule has 1 N–H and O–H groups in total. The Morgan fingerprint density at radius 3 is 2.41 bits per heavy atom. The molecule has 0 aliphatic carbocycles. The quantitative estimate of drug-likeness (QED) is 0.629. The number of nitrogens with zero attached hydrogens (tertiary/aromatic N) is 1. The number of carboxylic acid groups (broad SMARTS) is 1. The zero-order valence-corrected chi connectivity index (χ0v) is 15.8. The van der Waals surface area contributed by atoms with Crippen molar-refractivity contribution in [3.63, 3.8) is 0 Å². The third-order valence-electron chi connectivity index (χ3n) is 4.58. The summed E-state index contributed by atoms with van der Waals surface area (Å²) in [4.78, 5) is 26.0. The molecule has 0 saturated carbocycles. The van der Waals surface area contributed by atoms with Crippen LogP contribution in [0.2, 0.25) is 0 Å². The van der Waals surface area contributed by atoms with Crippen molar-refractivity contribution in [3.8, 4) is 5.75 Å². The molecular formula is C21H22ClNO4. The third kappa shape index (κ3) is 4.68. The van der Waals surface area contributed by atoms with Gasteiger partial charge < -0.3 is 14.7 Å². The first-order valence-electron chi connectivity index (χ1n) is 8.52. The topological polar surface area (TPSA) is 66.8 Å². The lowest BCUT2D eigenvalue weighted by Gasteiger charge is -2.19. The van der Waals surface area contributed by atoms with E-state index in [0.717, 1.165) is 11.1 Å². The maximum atomic E-state index is 13.1. The number of hydrogen-bond donors (Lipinski definition) is 1. The highest BCUT2D eigenvalue weighted by molar-refractivity contribution is 6.24. The molecule has 5 nitrogen and oxygen atoms in total. The second-order valence-corrected chi connectivity index (χ2v) is 6.24. The van der Waals surface area contributed by atoms with Gasteiger partial charge in [-0.15, -0.1) is 12.4 Å². The molecule has 0 aromatic heterocycles. The molecule has 0 radical (unpaired) electrons. The van der Waals surface area contributed by atoms with Gasteiger partial charge >= 0.3 is 5.97 Å². The number of ether oxygens (including phenoxy) is 1. The van der Waals surface area contributed by atoms with E-state index in [0.29, 0.717) is 24.3 Å². The SMILES string of the molecule is COc1ccccc1C=C(C(=O)N1CCC(C(=O)O)C1)c1ccccc1.Cl. The smallest absolute Gasteiger partial charge is 0.308 e. The van der Waals surface area contributed by atoms with Crippen molar-refractivity contribution in [2.24, 2.45) is 5.92 Å². The fraction of sp³-hybridized carbons (Fsp3) is 0.238. The predicted molar refractivity (Wildman–Crippen MR) is 107 cm³/mol. The first-order chi connectivity index (χ1) is 12.6. The van der Waals surface area contributed by atoms with E-state index in [1.807, 2.05) is 60.7 Å². The van der Waals surface area contributed by atoms with Gasteiger partial charge in [-0.2, -0.15) is 0 Å². The summed E-state index contributed by atoms with van der Waals surface area (Å²) >= 11 is 0. The molecule has 1 heterocycles. The zero-order valence-electron chi connectivity index (χ0n) is 15.0. The highest BCUT2D eigenvalue weighted by Gasteiger charge is 2.32. The first-order valence-corrected chi connectivity index (χ1v) is 8.52. The van der Waals surface area contributed by atoms with Crippen LogP contribution in [0.25, 0.3) is 11.6 Å². The van der Waals surface area contributed by atoms with Crippen LogP contribution < -0.4 is 4.74 Å². The number of halogens is 1. The van der Waals surface area contributed by atoms with Crippen LogP contribution in [0.15, 0.2) is 54.6 Å². The normalized spacial score (nSPS) is 16.6. The molecule has 27 heavy (non-hydrogen) atoms. The summed E-state index contributed by atoms with van der Waals surface area (Å²) in [5.74, 6) is -0.832. The summed E-state index contributed by atoms with van der Waals surface area (Å²) in [5, 5.41) is 9.20. The number of hydrogen-bond acceptors (Lipinski definition) is 3. The van der Waals surface area contributed by atoms with Gasteiger partial charge in [0.2, 0.25) is 0 Å². The molecule has 3 rings (SSSR count). The molecule has 6 heteroatoms. The lowest BCUT2D eigenvalue weighted by Crippen LogP contribution is -2.30. The molecule has 1 amide bonds. The fourth-order valence-corrected chi connectivity index (χ4v) is 3.14. The van der Waals surface area contributed by atoms with E-state index in [-0.39, 0.29) is 24.9 Å². The Morgan fingerprint density at radius 2 is 1.78 bits per heavy atom. The summed E-state index contributed by atoms with van der Waals surface area (Å²) in [6.45, 7) is 0.691. The minimum Gasteiger partial charge on any atom is -0.496 e. The van der Waals surface area contributed by atoms with Crippen LogP contribution in [0.1, 0.15) is 17.5 Å². The van der Waals surface area contributed by atoms with Crippen LogP contribution in [-0.4, -0.2) is 42.1 Å². The molecule has 2 aromatic rings. The number of carbonyl (C=O) groups is 2. The van der Waals surface area contributed by atoms with Crippen LogP contribution >= 0.6 is 12.4 Å². The van der Waals surface area contributed by atoms with Gasteiger partial charge in [-0.25, -0.2) is 0 Å². The molecule has 1 atom stereocenters. The molecule has 2 aromatic carbocycles. The summed E-state index contributed by atoms with van der Waals surface area (Å²) in [6.07, 6.45) is 2.29. The number of rotatable bonds is 5. The molecule has 0 bridgehead atoms. The van der Waals surface area contributed by atoms with E-state index in [1.54, 1.807) is 12.0 Å². The fourth-order valence-electron chi connectivity index (χ4n) is 3.14. The summed E-state index contributed by atoms with van der Waals surface area (Å²) in [5.41, 5.74) is 2.12. The summed E-state index contributed by atoms with van der Waals surface area (Å²) in [6, 6.07) is 16.9. The Morgan fingerprint density at radius 1 is 1.11 bits per heavy atom. The Hall–Kier alpha value is -2.79. The van der Waals surface area contributed by atoms with Crippen molar-refractivity contribution in [2.45, 2.75) is 6.42 Å². The molecule has 1 unspecified atom stereocenters. The first kappa shape index (κ1) is 20.5. The van der Waals surface area contributed by atoms with Gasteiger partial charge in [0.1, 0.15) is 5.75 Å². The van der Waals surface area contributed by atoms with Gasteiger partial charge in [-0.3, -0.25) is 9.59 Å². The number of para-hydroxylation sites is 1. The van der Waals surface area contributed by atoms with Crippen molar-refractivity contribution < 1.29 is 19.4 Å². The van der Waals surface area contributed by atoms with Crippen LogP contribution in [0, 0.1) is 5.92 Å². The molecule has 1 fully saturated rings. The molecule has 1 aliphatic heterocycles. The standard InChI is InChI=1S/C21H21NO4.ClH/c1-26-19-10-6-5-9-16(19)13-18(15-7-3-2-4-8-15)20(23)22-12-11-17(14-22)21(24)25;/h2-10,13,17H,11-12,14H2,1H3,(H,24,25);1H. The van der Waals surface area contributed by atoms with Gasteiger partial charge in [0.15, 0.2) is 0 Å². The number of methoxy groups -OCH3 is 1. The zero-order chi connectivity index (χ0) is 18.5. The van der Waals surface area contributed by atoms with Gasteiger partial charge in [0.05, 0.1) is 13.0 Å². The van der Waals surface area contributed by atoms with Gasteiger partial charge in [-0.1, -0.05) is 48.5 Å². The van der Waals surface area contributed by atoms with E-state index < -0.39 is 11.9 Å². The summed E-state index contributed by atoms with van der Waals surface area (Å²) in [7, 11) is 1.59. The lowest BCUT2D eigenvalue weighted by atomic mass is 10.0. The van der Waals surface area contributed by atoms with Crippen molar-refractivity contribution in [1.29, 1.82) is 0 Å². The molecule has 0 spiro atoms. The average molecular weight is 388 g/mol. The molecule has 1 aliphatic rings. The van der Waals surface area contributed by atoms with E-state index in [1.165, 1.54) is 0 Å². The van der Waals surface area contributed by atoms with Crippen LogP contribution in [0.3, 0.4) is 0 Å². The Bertz CT molecular complexity index is 835. The maximum absolute atomic E-state index is 13.1. The van der Waals surface area contributed by atoms with Gasteiger partial charge in [0.25, 0.3) is 5.91 Å². The number of carbonyl (C=O) groups excluding carboxylic acids is 1. The highest BCUT2D eigenvalue weighted by atomic mass is 35.5. The third-order valence-corrected chi connectivity index (χ3v) is 4.58. The molecule has 1 saturated heterocycles. The van der Waals surface area contributed by atoms with Crippen molar-refractivity contribution in [1.82, 2.24) is 4.90 Å². The molecular weight excluding hydrogens is 366 g/mol. The Labute approximate surface area is 164 Å². The van der Waals surface area contributed by atoms with E-state index >= 15 is 0 Å². The minimum atomic E-state index is -0.852. The van der Waals surface area contributed by atoms with Gasteiger partial charge in [0, 0.05) is 24.2 Å². The van der Waals surface area contributed by atoms with Crippen molar-refractivity contribution in [3.05, 3.63) is 65.7 Å². The Balaban J connectivity index is 0.00000261. The average Bonchev–Trinajstić information content (AvgIpc) is 3.17. The van der Waals surface area contributed by atoms with E-state index in [9.17, 15) is 14.7 Å². The maximum Gasteiger partial charge on any atom is 0.308 e. The Kier molecular flexibility index (Phi) is 7.02. The van der Waals surface area contributed by atoms with E-state index in [4.69, 9.17) is 4.74 Å². The number of amides is 1. The number of benzene rings is 2.